The fourth-order valence-electron chi connectivity index (χ4n) is 9.86. The Bertz CT molecular complexity index is 1970. The van der Waals surface area contributed by atoms with Crippen LogP contribution in [0.25, 0.3) is 0 Å². The van der Waals surface area contributed by atoms with E-state index >= 15 is 4.79 Å². The van der Waals surface area contributed by atoms with E-state index in [9.17, 15) is 34.5 Å². The molecule has 0 spiro atoms. The van der Waals surface area contributed by atoms with Crippen molar-refractivity contribution in [3.8, 4) is 0 Å². The molecule has 1 heterocycles. The van der Waals surface area contributed by atoms with Gasteiger partial charge in [0.25, 0.3) is 0 Å². The summed E-state index contributed by atoms with van der Waals surface area (Å²) < 4.78 is 30.0. The highest BCUT2D eigenvalue weighted by atomic mass is 16.6. The Morgan fingerprint density at radius 1 is 0.966 bits per heavy atom. The average molecular weight is 806 g/mol. The summed E-state index contributed by atoms with van der Waals surface area (Å²) in [5.74, 6) is -5.19. The number of hydrogen-bond acceptors (Lipinski definition) is 13. The van der Waals surface area contributed by atoms with Crippen molar-refractivity contribution in [1.29, 1.82) is 0 Å². The third-order valence-electron chi connectivity index (χ3n) is 13.0. The van der Waals surface area contributed by atoms with E-state index in [2.05, 4.69) is 5.32 Å². The second-order valence-electron chi connectivity index (χ2n) is 18.0. The Kier molecular flexibility index (Phi) is 11.3. The number of aliphatic hydroxyl groups is 3. The van der Waals surface area contributed by atoms with Gasteiger partial charge in [-0.15, -0.1) is 0 Å². The molecule has 3 aliphatic carbocycles. The summed E-state index contributed by atoms with van der Waals surface area (Å²) >= 11 is 0. The number of aliphatic hydroxyl groups excluding tert-OH is 2. The molecule has 11 atom stereocenters. The largest absolute Gasteiger partial charge is 0.456 e. The predicted molar refractivity (Wildman–Crippen MR) is 207 cm³/mol. The molecule has 0 radical (unpaired) electrons. The molecule has 6 rings (SSSR count). The minimum absolute atomic E-state index is 0.0474. The first-order valence-corrected chi connectivity index (χ1v) is 19.7. The van der Waals surface area contributed by atoms with E-state index in [1.807, 2.05) is 0 Å². The van der Waals surface area contributed by atoms with Crippen molar-refractivity contribution < 1.29 is 63.0 Å². The maximum absolute atomic E-state index is 15.1. The van der Waals surface area contributed by atoms with Crippen LogP contribution >= 0.6 is 0 Å². The van der Waals surface area contributed by atoms with Crippen molar-refractivity contribution in [3.63, 3.8) is 0 Å². The molecule has 1 saturated heterocycles. The van der Waals surface area contributed by atoms with E-state index in [1.54, 1.807) is 104 Å². The summed E-state index contributed by atoms with van der Waals surface area (Å²) in [4.78, 5) is 69.2. The van der Waals surface area contributed by atoms with E-state index in [0.717, 1.165) is 0 Å². The van der Waals surface area contributed by atoms with Gasteiger partial charge in [-0.1, -0.05) is 76.2 Å². The van der Waals surface area contributed by atoms with Gasteiger partial charge in [-0.05, 0) is 68.9 Å². The summed E-state index contributed by atoms with van der Waals surface area (Å²) in [7, 11) is 0. The molecule has 14 heteroatoms. The molecule has 2 aromatic carbocycles. The standard InChI is InChI=1S/C44H55NO13/c1-23-20-29-43(22-54-29,57-25(3)46)34-36(56-37(50)27-18-14-11-15-19-27)44(53)21-28(24(2)30(41(44,7)8)32(47)35(49)42(23,34)9)55-38(51)33(48)31(26-16-12-10-13-17-26)45-39(52)58-40(4,5)6/h10-19,23,28-29,31-34,36,47-48,53H,20-22H2,1-9H3,(H,45,52)/t23-,28-,29+,31-,32+,33+,34-,36-,42+,43-,44+/m0/s1. The monoisotopic (exact) mass is 805 g/mol. The Hall–Kier alpha value is -4.63. The number of esters is 3. The minimum atomic E-state index is -2.24. The predicted octanol–water partition coefficient (Wildman–Crippen LogP) is 4.53. The van der Waals surface area contributed by atoms with Gasteiger partial charge in [-0.2, -0.15) is 0 Å². The van der Waals surface area contributed by atoms with Gasteiger partial charge in [0.15, 0.2) is 17.5 Å². The van der Waals surface area contributed by atoms with Crippen molar-refractivity contribution in [2.75, 3.05) is 6.61 Å². The summed E-state index contributed by atoms with van der Waals surface area (Å²) in [5, 5.41) is 40.0. The minimum Gasteiger partial charge on any atom is -0.456 e. The van der Waals surface area contributed by atoms with Crippen molar-refractivity contribution >= 4 is 29.8 Å². The van der Waals surface area contributed by atoms with Crippen LogP contribution in [-0.2, 0) is 38.1 Å². The number of alkyl carbamates (subject to hydrolysis) is 1. The highest BCUT2D eigenvalue weighted by Gasteiger charge is 2.77. The van der Waals surface area contributed by atoms with Crippen LogP contribution in [0.2, 0.25) is 0 Å². The van der Waals surface area contributed by atoms with Crippen molar-refractivity contribution in [2.24, 2.45) is 22.7 Å². The van der Waals surface area contributed by atoms with E-state index < -0.39 is 112 Å². The first-order chi connectivity index (χ1) is 27.0. The lowest BCUT2D eigenvalue weighted by Gasteiger charge is -2.68. The third kappa shape index (κ3) is 7.11. The third-order valence-corrected chi connectivity index (χ3v) is 13.0. The van der Waals surface area contributed by atoms with E-state index in [-0.39, 0.29) is 29.7 Å². The molecule has 1 aliphatic heterocycles. The van der Waals surface area contributed by atoms with Gasteiger partial charge in [0.05, 0.1) is 24.1 Å². The molecule has 3 fully saturated rings. The van der Waals surface area contributed by atoms with Gasteiger partial charge in [0.1, 0.15) is 35.6 Å². The molecule has 1 amide bonds. The first kappa shape index (κ1) is 43.0. The normalized spacial score (nSPS) is 33.7. The molecule has 2 saturated carbocycles. The van der Waals surface area contributed by atoms with Gasteiger partial charge in [-0.3, -0.25) is 9.59 Å². The van der Waals surface area contributed by atoms with E-state index in [4.69, 9.17) is 23.7 Å². The number of Topliss-reactive ketones (excluding diaryl/α,β-unsaturated/α-hetero) is 1. The van der Waals surface area contributed by atoms with Gasteiger partial charge in [0.2, 0.25) is 0 Å². The number of benzene rings is 2. The summed E-state index contributed by atoms with van der Waals surface area (Å²) in [6.45, 7) is 14.2. The number of nitrogens with one attached hydrogen (secondary N) is 1. The number of carbonyl (C=O) groups is 5. The van der Waals surface area contributed by atoms with Gasteiger partial charge < -0.3 is 44.3 Å². The molecule has 2 aromatic rings. The zero-order valence-electron chi connectivity index (χ0n) is 34.4. The molecule has 0 unspecified atom stereocenters. The van der Waals surface area contributed by atoms with Gasteiger partial charge in [0, 0.05) is 24.2 Å². The molecule has 314 valence electrons. The number of hydrogen-bond donors (Lipinski definition) is 4. The maximum Gasteiger partial charge on any atom is 0.408 e. The summed E-state index contributed by atoms with van der Waals surface area (Å²) in [6.07, 6.45) is -8.74. The van der Waals surface area contributed by atoms with Crippen LogP contribution in [0.4, 0.5) is 4.79 Å². The van der Waals surface area contributed by atoms with Crippen LogP contribution < -0.4 is 5.32 Å². The molecule has 4 aliphatic rings. The number of rotatable bonds is 8. The number of ether oxygens (including phenoxy) is 5. The Balaban J connectivity index is 1.49. The quantitative estimate of drug-likeness (QED) is 0.165. The van der Waals surface area contributed by atoms with Crippen LogP contribution in [0.1, 0.15) is 97.1 Å². The summed E-state index contributed by atoms with van der Waals surface area (Å²) in [5.41, 5.74) is -7.04. The molecule has 58 heavy (non-hydrogen) atoms. The van der Waals surface area contributed by atoms with E-state index in [0.29, 0.717) is 5.56 Å². The highest BCUT2D eigenvalue weighted by Crippen LogP contribution is 2.65. The van der Waals surface area contributed by atoms with Crippen LogP contribution in [-0.4, -0.2) is 99.0 Å². The zero-order valence-corrected chi connectivity index (χ0v) is 34.4. The average Bonchev–Trinajstić information content (AvgIpc) is 3.14. The lowest BCUT2D eigenvalue weighted by atomic mass is 9.43. The second-order valence-corrected chi connectivity index (χ2v) is 18.0. The fourth-order valence-corrected chi connectivity index (χ4v) is 9.86. The number of carbonyl (C=O) groups excluding carboxylic acids is 5. The smallest absolute Gasteiger partial charge is 0.408 e. The van der Waals surface area contributed by atoms with Gasteiger partial charge >= 0.3 is 24.0 Å². The topological polar surface area (TPSA) is 204 Å². The Morgan fingerprint density at radius 3 is 2.12 bits per heavy atom. The Labute approximate surface area is 338 Å². The zero-order chi connectivity index (χ0) is 42.7. The highest BCUT2D eigenvalue weighted by molar-refractivity contribution is 5.94. The lowest BCUT2D eigenvalue weighted by molar-refractivity contribution is -0.340. The number of ketones is 1. The molecule has 2 bridgehead atoms. The van der Waals surface area contributed by atoms with Crippen LogP contribution in [0.5, 0.6) is 0 Å². The maximum atomic E-state index is 15.1. The second kappa shape index (κ2) is 15.2. The molecule has 0 aromatic heterocycles. The van der Waals surface area contributed by atoms with Crippen LogP contribution in [0, 0.1) is 22.7 Å². The fraction of sp³-hybridized carbons (Fsp3) is 0.568. The molecule has 14 nitrogen and oxygen atoms in total. The Morgan fingerprint density at radius 2 is 1.57 bits per heavy atom. The first-order valence-electron chi connectivity index (χ1n) is 19.7. The van der Waals surface area contributed by atoms with Gasteiger partial charge in [-0.25, -0.2) is 14.4 Å². The molecular weight excluding hydrogens is 750 g/mol. The number of fused-ring (bicyclic) bond motifs is 5. The van der Waals surface area contributed by atoms with Crippen molar-refractivity contribution in [1.82, 2.24) is 5.32 Å². The molecular formula is C44H55NO13. The molecule has 4 N–H and O–H groups in total. The van der Waals surface area contributed by atoms with E-state index in [1.165, 1.54) is 19.1 Å². The van der Waals surface area contributed by atoms with Crippen LogP contribution in [0.15, 0.2) is 71.8 Å². The summed E-state index contributed by atoms with van der Waals surface area (Å²) in [6, 6.07) is 15.0. The van der Waals surface area contributed by atoms with Crippen molar-refractivity contribution in [2.45, 2.75) is 129 Å². The SMILES string of the molecule is CC(=O)O[C@@]12CO[C@@H]1C[C@H](C)[C@@]1(C)C(=O)[C@H](O)C3=C(C)[C@@H](OC(=O)[C@H](O)[C@@H](NC(=O)OC(C)(C)C)c4ccccc4)C[C@@](O)([C@@H](OC(=O)c4ccccc4)[C@H]21)C3(C)C. The van der Waals surface area contributed by atoms with Crippen molar-refractivity contribution in [3.05, 3.63) is 82.9 Å². The lowest BCUT2D eigenvalue weighted by Crippen LogP contribution is -2.80. The van der Waals surface area contributed by atoms with Crippen LogP contribution in [0.3, 0.4) is 0 Å². The number of amides is 1.